The second-order valence-corrected chi connectivity index (χ2v) is 7.34. The Kier molecular flexibility index (Phi) is 5.00. The van der Waals surface area contributed by atoms with Gasteiger partial charge in [-0.25, -0.2) is 9.97 Å². The van der Waals surface area contributed by atoms with Gasteiger partial charge in [0.25, 0.3) is 0 Å². The topological polar surface area (TPSA) is 61.3 Å². The van der Waals surface area contributed by atoms with E-state index in [1.807, 2.05) is 48.3 Å². The summed E-state index contributed by atoms with van der Waals surface area (Å²) in [6.07, 6.45) is 1.59. The number of rotatable bonds is 6. The Bertz CT molecular complexity index is 1010. The highest BCUT2D eigenvalue weighted by Crippen LogP contribution is 2.33. The van der Waals surface area contributed by atoms with Crippen LogP contribution >= 0.6 is 11.3 Å². The van der Waals surface area contributed by atoms with Gasteiger partial charge >= 0.3 is 0 Å². The molecule has 2 aromatic carbocycles. The fraction of sp³-hybridized carbons (Fsp3) is 0.143. The molecule has 6 heteroatoms. The second kappa shape index (κ2) is 7.73. The van der Waals surface area contributed by atoms with Crippen LogP contribution in [0.1, 0.15) is 0 Å². The van der Waals surface area contributed by atoms with Crippen molar-refractivity contribution in [1.82, 2.24) is 9.97 Å². The minimum Gasteiger partial charge on any atom is -0.395 e. The monoisotopic (exact) mass is 376 g/mol. The molecule has 4 aromatic rings. The first-order valence-electron chi connectivity index (χ1n) is 8.73. The normalized spacial score (nSPS) is 10.9. The lowest BCUT2D eigenvalue weighted by molar-refractivity contribution is 0.304. The van der Waals surface area contributed by atoms with Crippen LogP contribution in [0.5, 0.6) is 0 Å². The second-order valence-electron chi connectivity index (χ2n) is 6.25. The van der Waals surface area contributed by atoms with Crippen LogP contribution in [-0.4, -0.2) is 35.3 Å². The molecule has 0 aliphatic heterocycles. The first-order chi connectivity index (χ1) is 13.2. The molecule has 2 N–H and O–H groups in total. The van der Waals surface area contributed by atoms with Crippen molar-refractivity contribution in [2.75, 3.05) is 30.4 Å². The molecular formula is C21H20N4OS. The average Bonchev–Trinajstić information content (AvgIpc) is 3.13. The summed E-state index contributed by atoms with van der Waals surface area (Å²) < 4.78 is 1.25. The van der Waals surface area contributed by atoms with Gasteiger partial charge < -0.3 is 15.3 Å². The number of nitrogens with zero attached hydrogens (tertiary/aromatic N) is 3. The van der Waals surface area contributed by atoms with E-state index in [-0.39, 0.29) is 6.61 Å². The highest BCUT2D eigenvalue weighted by molar-refractivity contribution is 7.22. The van der Waals surface area contributed by atoms with Gasteiger partial charge in [-0.1, -0.05) is 18.2 Å². The van der Waals surface area contributed by atoms with E-state index in [4.69, 9.17) is 5.11 Å². The molecule has 0 fully saturated rings. The van der Waals surface area contributed by atoms with Crippen molar-refractivity contribution in [2.45, 2.75) is 0 Å². The van der Waals surface area contributed by atoms with E-state index in [0.717, 1.165) is 27.8 Å². The maximum Gasteiger partial charge on any atom is 0.134 e. The van der Waals surface area contributed by atoms with Crippen molar-refractivity contribution in [3.63, 3.8) is 0 Å². The molecule has 0 amide bonds. The van der Waals surface area contributed by atoms with Crippen molar-refractivity contribution >= 4 is 38.6 Å². The standard InChI is InChI=1S/C21H20N4OS/c1-25(10-11-26)17-8-6-16(7-9-17)24-21-13-18(22-14-23-21)20-12-15-4-2-3-5-19(15)27-20/h2-9,12-14,26H,10-11H2,1H3,(H,22,23,24). The maximum atomic E-state index is 9.05. The lowest BCUT2D eigenvalue weighted by Crippen LogP contribution is -2.20. The highest BCUT2D eigenvalue weighted by atomic mass is 32.1. The number of hydrogen-bond donors (Lipinski definition) is 2. The summed E-state index contributed by atoms with van der Waals surface area (Å²) in [6.45, 7) is 0.745. The molecule has 5 nitrogen and oxygen atoms in total. The summed E-state index contributed by atoms with van der Waals surface area (Å²) in [4.78, 5) is 11.9. The third-order valence-corrected chi connectivity index (χ3v) is 5.50. The number of benzene rings is 2. The average molecular weight is 376 g/mol. The van der Waals surface area contributed by atoms with Crippen LogP contribution in [0.3, 0.4) is 0 Å². The molecule has 2 heterocycles. The third kappa shape index (κ3) is 3.92. The van der Waals surface area contributed by atoms with Gasteiger partial charge in [0.1, 0.15) is 12.1 Å². The fourth-order valence-corrected chi connectivity index (χ4v) is 3.93. The van der Waals surface area contributed by atoms with Gasteiger partial charge in [-0.15, -0.1) is 11.3 Å². The fourth-order valence-electron chi connectivity index (χ4n) is 2.89. The number of anilines is 3. The van der Waals surface area contributed by atoms with E-state index in [1.54, 1.807) is 17.7 Å². The Hall–Kier alpha value is -2.96. The van der Waals surface area contributed by atoms with Crippen molar-refractivity contribution in [3.05, 3.63) is 67.0 Å². The molecule has 0 radical (unpaired) electrons. The summed E-state index contributed by atoms with van der Waals surface area (Å²) >= 11 is 1.73. The molecule has 0 aliphatic carbocycles. The van der Waals surface area contributed by atoms with Crippen LogP contribution in [0.4, 0.5) is 17.2 Å². The zero-order valence-electron chi connectivity index (χ0n) is 15.0. The first-order valence-corrected chi connectivity index (χ1v) is 9.55. The molecule has 2 aromatic heterocycles. The van der Waals surface area contributed by atoms with Crippen molar-refractivity contribution in [3.8, 4) is 10.6 Å². The molecule has 0 spiro atoms. The highest BCUT2D eigenvalue weighted by Gasteiger charge is 2.07. The van der Waals surface area contributed by atoms with Crippen LogP contribution in [0.15, 0.2) is 67.0 Å². The largest absolute Gasteiger partial charge is 0.395 e. The molecular weight excluding hydrogens is 356 g/mol. The number of likely N-dealkylation sites (N-methyl/N-ethyl adjacent to an activating group) is 1. The molecule has 0 aliphatic rings. The summed E-state index contributed by atoms with van der Waals surface area (Å²) in [5.41, 5.74) is 2.92. The predicted molar refractivity (Wildman–Crippen MR) is 113 cm³/mol. The molecule has 0 bridgehead atoms. The Morgan fingerprint density at radius 2 is 1.85 bits per heavy atom. The van der Waals surface area contributed by atoms with E-state index in [0.29, 0.717) is 6.54 Å². The lowest BCUT2D eigenvalue weighted by Gasteiger charge is -2.18. The lowest BCUT2D eigenvalue weighted by atomic mass is 10.2. The smallest absolute Gasteiger partial charge is 0.134 e. The molecule has 0 unspecified atom stereocenters. The Labute approximate surface area is 162 Å². The SMILES string of the molecule is CN(CCO)c1ccc(Nc2cc(-c3cc4ccccc4s3)ncn2)cc1. The Balaban J connectivity index is 1.54. The summed E-state index contributed by atoms with van der Waals surface area (Å²) in [5, 5.41) is 13.6. The predicted octanol–water partition coefficient (Wildman–Crippen LogP) is 4.53. The van der Waals surface area contributed by atoms with Gasteiger partial charge in [0.15, 0.2) is 0 Å². The summed E-state index contributed by atoms with van der Waals surface area (Å²) in [6, 6.07) is 20.5. The van der Waals surface area contributed by atoms with Crippen LogP contribution in [-0.2, 0) is 0 Å². The Morgan fingerprint density at radius 3 is 2.63 bits per heavy atom. The number of hydrogen-bond acceptors (Lipinski definition) is 6. The quantitative estimate of drug-likeness (QED) is 0.518. The number of aliphatic hydroxyl groups is 1. The molecule has 4 rings (SSSR count). The van der Waals surface area contributed by atoms with E-state index in [1.165, 1.54) is 10.1 Å². The van der Waals surface area contributed by atoms with Crippen molar-refractivity contribution in [1.29, 1.82) is 0 Å². The van der Waals surface area contributed by atoms with E-state index in [2.05, 4.69) is 39.6 Å². The molecule has 0 saturated heterocycles. The van der Waals surface area contributed by atoms with Crippen LogP contribution < -0.4 is 10.2 Å². The van der Waals surface area contributed by atoms with E-state index < -0.39 is 0 Å². The number of thiophene rings is 1. The molecule has 0 saturated carbocycles. The zero-order chi connectivity index (χ0) is 18.6. The molecule has 0 atom stereocenters. The van der Waals surface area contributed by atoms with E-state index >= 15 is 0 Å². The minimum absolute atomic E-state index is 0.137. The van der Waals surface area contributed by atoms with Crippen LogP contribution in [0.25, 0.3) is 20.7 Å². The third-order valence-electron chi connectivity index (χ3n) is 4.36. The minimum atomic E-state index is 0.137. The molecule has 27 heavy (non-hydrogen) atoms. The van der Waals surface area contributed by atoms with Gasteiger partial charge in [-0.2, -0.15) is 0 Å². The summed E-state index contributed by atoms with van der Waals surface area (Å²) in [5.74, 6) is 0.758. The van der Waals surface area contributed by atoms with Crippen molar-refractivity contribution < 1.29 is 5.11 Å². The van der Waals surface area contributed by atoms with Gasteiger partial charge in [0.05, 0.1) is 17.2 Å². The first kappa shape index (κ1) is 17.5. The van der Waals surface area contributed by atoms with Crippen LogP contribution in [0, 0.1) is 0 Å². The van der Waals surface area contributed by atoms with Gasteiger partial charge in [-0.3, -0.25) is 0 Å². The van der Waals surface area contributed by atoms with E-state index in [9.17, 15) is 0 Å². The Morgan fingerprint density at radius 1 is 1.04 bits per heavy atom. The zero-order valence-corrected chi connectivity index (χ0v) is 15.8. The molecule has 136 valence electrons. The number of aliphatic hydroxyl groups excluding tert-OH is 1. The summed E-state index contributed by atoms with van der Waals surface area (Å²) in [7, 11) is 1.96. The maximum absolute atomic E-state index is 9.05. The van der Waals surface area contributed by atoms with Crippen LogP contribution in [0.2, 0.25) is 0 Å². The van der Waals surface area contributed by atoms with Gasteiger partial charge in [0, 0.05) is 35.7 Å². The number of nitrogens with one attached hydrogen (secondary N) is 1. The number of aromatic nitrogens is 2. The van der Waals surface area contributed by atoms with Crippen molar-refractivity contribution in [2.24, 2.45) is 0 Å². The van der Waals surface area contributed by atoms with Gasteiger partial charge in [-0.05, 0) is 41.8 Å². The number of fused-ring (bicyclic) bond motifs is 1. The van der Waals surface area contributed by atoms with Gasteiger partial charge in [0.2, 0.25) is 0 Å².